The average Bonchev–Trinajstić information content (AvgIpc) is 3.30. The Hall–Kier alpha value is -4.45. The number of carbonyl (C=O) groups is 3. The molecule has 0 aliphatic rings. The van der Waals surface area contributed by atoms with E-state index in [1.807, 2.05) is 36.5 Å². The third-order valence-corrected chi connectivity index (χ3v) is 10.3. The van der Waals surface area contributed by atoms with Crippen molar-refractivity contribution in [2.24, 2.45) is 0 Å². The first-order valence-corrected chi connectivity index (χ1v) is 25.8. The molecule has 0 fully saturated rings. The highest BCUT2D eigenvalue weighted by atomic mass is 16.6. The van der Waals surface area contributed by atoms with Crippen LogP contribution in [-0.4, -0.2) is 37.2 Å². The molecule has 364 valence electrons. The highest BCUT2D eigenvalue weighted by Gasteiger charge is 2.19. The van der Waals surface area contributed by atoms with Crippen molar-refractivity contribution in [2.75, 3.05) is 13.2 Å². The van der Waals surface area contributed by atoms with E-state index in [2.05, 4.69) is 118 Å². The van der Waals surface area contributed by atoms with Crippen molar-refractivity contribution >= 4 is 17.9 Å². The number of rotatable bonds is 44. The minimum atomic E-state index is -0.809. The molecule has 0 saturated carbocycles. The highest BCUT2D eigenvalue weighted by Crippen LogP contribution is 2.13. The van der Waals surface area contributed by atoms with Gasteiger partial charge in [-0.25, -0.2) is 0 Å². The standard InChI is InChI=1S/C59H92O6/c1-4-7-10-13-16-19-22-25-27-29-30-32-34-37-40-43-46-49-52-58(61)64-55-56(54-63-57(60)51-48-45-42-39-36-33-24-21-18-15-12-9-6-3)65-59(62)53-50-47-44-41-38-35-31-28-26-23-20-17-14-11-8-5-2/h8-13,15-22,24-30,32,56H,4-7,14,23,31,33-55H2,1-3H3/b11-8+,12-9+,13-10+,18-15+,19-16+,20-17+,24-21+,25-22+,28-26+,29-27+,32-30+. The van der Waals surface area contributed by atoms with Crippen LogP contribution in [0.1, 0.15) is 201 Å². The van der Waals surface area contributed by atoms with Crippen LogP contribution >= 0.6 is 0 Å². The van der Waals surface area contributed by atoms with Gasteiger partial charge in [0.25, 0.3) is 0 Å². The zero-order chi connectivity index (χ0) is 47.2. The Morgan fingerprint density at radius 2 is 0.677 bits per heavy atom. The van der Waals surface area contributed by atoms with Crippen molar-refractivity contribution in [3.8, 4) is 0 Å². The third-order valence-electron chi connectivity index (χ3n) is 10.3. The molecule has 0 aliphatic carbocycles. The Kier molecular flexibility index (Phi) is 48.6. The quantitative estimate of drug-likeness (QED) is 0.0199. The van der Waals surface area contributed by atoms with Gasteiger partial charge in [-0.15, -0.1) is 0 Å². The van der Waals surface area contributed by atoms with Crippen LogP contribution in [-0.2, 0) is 28.6 Å². The summed E-state index contributed by atoms with van der Waals surface area (Å²) in [5.41, 5.74) is 0. The summed E-state index contributed by atoms with van der Waals surface area (Å²) in [6.07, 6.45) is 72.8. The van der Waals surface area contributed by atoms with Gasteiger partial charge >= 0.3 is 17.9 Å². The van der Waals surface area contributed by atoms with E-state index >= 15 is 0 Å². The lowest BCUT2D eigenvalue weighted by atomic mass is 10.1. The van der Waals surface area contributed by atoms with E-state index in [1.54, 1.807) is 0 Å². The van der Waals surface area contributed by atoms with Crippen LogP contribution < -0.4 is 0 Å². The topological polar surface area (TPSA) is 78.9 Å². The number of esters is 3. The molecule has 0 rings (SSSR count). The van der Waals surface area contributed by atoms with E-state index in [1.165, 1.54) is 19.3 Å². The molecule has 0 spiro atoms. The van der Waals surface area contributed by atoms with Crippen LogP contribution in [0.25, 0.3) is 0 Å². The molecule has 0 heterocycles. The first kappa shape index (κ1) is 60.5. The monoisotopic (exact) mass is 897 g/mol. The molecular weight excluding hydrogens is 805 g/mol. The van der Waals surface area contributed by atoms with E-state index in [9.17, 15) is 14.4 Å². The van der Waals surface area contributed by atoms with E-state index in [0.717, 1.165) is 141 Å². The van der Waals surface area contributed by atoms with Gasteiger partial charge in [0.2, 0.25) is 0 Å². The second-order valence-electron chi connectivity index (χ2n) is 16.5. The smallest absolute Gasteiger partial charge is 0.306 e. The molecular formula is C59H92O6. The molecule has 0 aromatic carbocycles. The second kappa shape index (κ2) is 52.2. The van der Waals surface area contributed by atoms with Crippen molar-refractivity contribution in [2.45, 2.75) is 207 Å². The largest absolute Gasteiger partial charge is 0.462 e. The van der Waals surface area contributed by atoms with Crippen molar-refractivity contribution in [3.63, 3.8) is 0 Å². The lowest BCUT2D eigenvalue weighted by molar-refractivity contribution is -0.167. The van der Waals surface area contributed by atoms with Crippen molar-refractivity contribution in [1.29, 1.82) is 0 Å². The maximum atomic E-state index is 12.8. The van der Waals surface area contributed by atoms with E-state index in [4.69, 9.17) is 14.2 Å². The lowest BCUT2D eigenvalue weighted by Crippen LogP contribution is -2.30. The van der Waals surface area contributed by atoms with Crippen molar-refractivity contribution in [1.82, 2.24) is 0 Å². The number of unbranched alkanes of at least 4 members (excludes halogenated alkanes) is 17. The Balaban J connectivity index is 4.52. The van der Waals surface area contributed by atoms with Crippen LogP contribution in [0.2, 0.25) is 0 Å². The second-order valence-corrected chi connectivity index (χ2v) is 16.5. The maximum Gasteiger partial charge on any atom is 0.306 e. The molecule has 0 N–H and O–H groups in total. The number of hydrogen-bond acceptors (Lipinski definition) is 6. The maximum absolute atomic E-state index is 12.8. The minimum Gasteiger partial charge on any atom is -0.462 e. The SMILES string of the molecule is CC/C=C/C=C/C=C/CCCCCCCC(=O)OCC(COC(=O)CCCCCCC/C=C/C=C/C=C/C=C/C=C/CCC)OC(=O)CCCCCCCC/C=C/C/C=C/C/C=C/CC. The van der Waals surface area contributed by atoms with Crippen molar-refractivity contribution in [3.05, 3.63) is 134 Å². The Morgan fingerprint density at radius 1 is 0.338 bits per heavy atom. The fraction of sp³-hybridized carbons (Fsp3) is 0.576. The Labute approximate surface area is 398 Å². The van der Waals surface area contributed by atoms with Gasteiger partial charge in [-0.2, -0.15) is 0 Å². The van der Waals surface area contributed by atoms with E-state index in [0.29, 0.717) is 19.3 Å². The molecule has 0 aromatic heterocycles. The molecule has 0 radical (unpaired) electrons. The summed E-state index contributed by atoms with van der Waals surface area (Å²) in [5.74, 6) is -0.975. The van der Waals surface area contributed by atoms with E-state index < -0.39 is 6.10 Å². The van der Waals surface area contributed by atoms with Crippen LogP contribution in [0.5, 0.6) is 0 Å². The predicted molar refractivity (Wildman–Crippen MR) is 279 cm³/mol. The highest BCUT2D eigenvalue weighted by molar-refractivity contribution is 5.71. The fourth-order valence-corrected chi connectivity index (χ4v) is 6.48. The number of allylic oxidation sites excluding steroid dienone is 22. The average molecular weight is 897 g/mol. The Morgan fingerprint density at radius 3 is 1.12 bits per heavy atom. The van der Waals surface area contributed by atoms with Crippen LogP contribution in [0.3, 0.4) is 0 Å². The van der Waals surface area contributed by atoms with Gasteiger partial charge in [-0.1, -0.05) is 225 Å². The van der Waals surface area contributed by atoms with Gasteiger partial charge in [0.05, 0.1) is 0 Å². The summed E-state index contributed by atoms with van der Waals surface area (Å²) in [4.78, 5) is 38.0. The predicted octanol–water partition coefficient (Wildman–Crippen LogP) is 17.1. The number of carbonyl (C=O) groups excluding carboxylic acids is 3. The minimum absolute atomic E-state index is 0.108. The molecule has 1 atom stereocenters. The summed E-state index contributed by atoms with van der Waals surface area (Å²) < 4.78 is 16.8. The first-order chi connectivity index (χ1) is 32.0. The first-order valence-electron chi connectivity index (χ1n) is 25.8. The fourth-order valence-electron chi connectivity index (χ4n) is 6.48. The van der Waals surface area contributed by atoms with Gasteiger partial charge in [0, 0.05) is 19.3 Å². The number of ether oxygens (including phenoxy) is 3. The number of hydrogen-bond donors (Lipinski definition) is 0. The van der Waals surface area contributed by atoms with Gasteiger partial charge in [0.1, 0.15) is 13.2 Å². The van der Waals surface area contributed by atoms with Crippen LogP contribution in [0.4, 0.5) is 0 Å². The van der Waals surface area contributed by atoms with Gasteiger partial charge < -0.3 is 14.2 Å². The van der Waals surface area contributed by atoms with E-state index in [-0.39, 0.29) is 31.1 Å². The third kappa shape index (κ3) is 50.4. The van der Waals surface area contributed by atoms with Gasteiger partial charge in [0.15, 0.2) is 6.10 Å². The van der Waals surface area contributed by atoms with Crippen LogP contribution in [0, 0.1) is 0 Å². The summed E-state index contributed by atoms with van der Waals surface area (Å²) in [7, 11) is 0. The molecule has 1 unspecified atom stereocenters. The lowest BCUT2D eigenvalue weighted by Gasteiger charge is -2.18. The normalized spacial score (nSPS) is 13.2. The molecule has 0 amide bonds. The molecule has 0 aliphatic heterocycles. The summed E-state index contributed by atoms with van der Waals surface area (Å²) >= 11 is 0. The van der Waals surface area contributed by atoms with Gasteiger partial charge in [-0.3, -0.25) is 14.4 Å². The summed E-state index contributed by atoms with van der Waals surface area (Å²) in [6.45, 7) is 6.23. The molecule has 65 heavy (non-hydrogen) atoms. The zero-order valence-electron chi connectivity index (χ0n) is 41.4. The molecule has 0 bridgehead atoms. The molecule has 0 aromatic rings. The molecule has 6 heteroatoms. The summed E-state index contributed by atoms with van der Waals surface area (Å²) in [6, 6.07) is 0. The molecule has 6 nitrogen and oxygen atoms in total. The Bertz CT molecular complexity index is 1450. The van der Waals surface area contributed by atoms with Crippen molar-refractivity contribution < 1.29 is 28.6 Å². The van der Waals surface area contributed by atoms with Crippen LogP contribution in [0.15, 0.2) is 134 Å². The zero-order valence-corrected chi connectivity index (χ0v) is 41.4. The molecule has 0 saturated heterocycles. The van der Waals surface area contributed by atoms with Gasteiger partial charge in [-0.05, 0) is 89.9 Å². The summed E-state index contributed by atoms with van der Waals surface area (Å²) in [5, 5.41) is 0.